The molecule has 80 valence electrons. The minimum atomic E-state index is -3.36. The Morgan fingerprint density at radius 3 is 2.50 bits per heavy atom. The van der Waals surface area contributed by atoms with Gasteiger partial charge in [-0.25, -0.2) is 8.42 Å². The zero-order valence-corrected chi connectivity index (χ0v) is 9.01. The van der Waals surface area contributed by atoms with Crippen LogP contribution in [0.25, 0.3) is 0 Å². The standard InChI is InChI=1S/C8H11NO3S.ClH/c9-7-2-1-3-8(6-7)13(11,12)5-4-10;/h1-3,6,10H,4-5,9H2;1H. The smallest absolute Gasteiger partial charge is 0.180 e. The van der Waals surface area contributed by atoms with Crippen molar-refractivity contribution >= 4 is 27.9 Å². The molecule has 1 rings (SSSR count). The normalized spacial score (nSPS) is 10.6. The molecule has 0 saturated heterocycles. The number of rotatable bonds is 3. The van der Waals surface area contributed by atoms with E-state index >= 15 is 0 Å². The Kier molecular flexibility index (Phi) is 4.90. The van der Waals surface area contributed by atoms with Crippen LogP contribution in [0.4, 0.5) is 5.69 Å². The fraction of sp³-hybridized carbons (Fsp3) is 0.250. The maximum Gasteiger partial charge on any atom is 0.180 e. The van der Waals surface area contributed by atoms with Crippen molar-refractivity contribution in [1.29, 1.82) is 0 Å². The molecule has 0 aromatic heterocycles. The Bertz CT molecular complexity index is 391. The summed E-state index contributed by atoms with van der Waals surface area (Å²) in [6.45, 7) is -0.378. The van der Waals surface area contributed by atoms with Crippen LogP contribution in [0.15, 0.2) is 29.2 Å². The third-order valence-electron chi connectivity index (χ3n) is 1.58. The molecule has 3 N–H and O–H groups in total. The first-order chi connectivity index (χ1) is 6.06. The van der Waals surface area contributed by atoms with Gasteiger partial charge < -0.3 is 10.8 Å². The van der Waals surface area contributed by atoms with Crippen molar-refractivity contribution in [2.45, 2.75) is 4.90 Å². The molecule has 0 unspecified atom stereocenters. The summed E-state index contributed by atoms with van der Waals surface area (Å²) in [4.78, 5) is 0.154. The molecule has 1 aromatic rings. The number of aliphatic hydroxyl groups is 1. The van der Waals surface area contributed by atoms with Crippen LogP contribution in [-0.4, -0.2) is 25.9 Å². The lowest BCUT2D eigenvalue weighted by atomic mass is 10.3. The molecular weight excluding hydrogens is 226 g/mol. The Morgan fingerprint density at radius 1 is 1.36 bits per heavy atom. The second-order valence-corrected chi connectivity index (χ2v) is 4.72. The molecule has 0 amide bonds. The molecule has 0 heterocycles. The zero-order chi connectivity index (χ0) is 9.90. The van der Waals surface area contributed by atoms with E-state index in [1.807, 2.05) is 0 Å². The van der Waals surface area contributed by atoms with Gasteiger partial charge in [-0.05, 0) is 18.2 Å². The van der Waals surface area contributed by atoms with Crippen LogP contribution in [0, 0.1) is 0 Å². The van der Waals surface area contributed by atoms with Gasteiger partial charge in [0.05, 0.1) is 17.3 Å². The average molecular weight is 238 g/mol. The number of benzene rings is 1. The van der Waals surface area contributed by atoms with Gasteiger partial charge in [-0.15, -0.1) is 12.4 Å². The largest absolute Gasteiger partial charge is 0.399 e. The highest BCUT2D eigenvalue weighted by Crippen LogP contribution is 2.13. The van der Waals surface area contributed by atoms with Crippen LogP contribution in [-0.2, 0) is 9.84 Å². The molecule has 0 saturated carbocycles. The third kappa shape index (κ3) is 3.17. The Hall–Kier alpha value is -0.780. The van der Waals surface area contributed by atoms with E-state index in [4.69, 9.17) is 10.8 Å². The Morgan fingerprint density at radius 2 is 2.00 bits per heavy atom. The molecule has 1 aromatic carbocycles. The van der Waals surface area contributed by atoms with Crippen molar-refractivity contribution in [3.63, 3.8) is 0 Å². The van der Waals surface area contributed by atoms with Gasteiger partial charge in [-0.1, -0.05) is 6.07 Å². The fourth-order valence-corrected chi connectivity index (χ4v) is 2.02. The van der Waals surface area contributed by atoms with Gasteiger partial charge in [0.2, 0.25) is 0 Å². The Labute approximate surface area is 89.1 Å². The van der Waals surface area contributed by atoms with Crippen molar-refractivity contribution in [1.82, 2.24) is 0 Å². The minimum Gasteiger partial charge on any atom is -0.399 e. The maximum absolute atomic E-state index is 11.4. The van der Waals surface area contributed by atoms with Crippen LogP contribution in [0.2, 0.25) is 0 Å². The van der Waals surface area contributed by atoms with Gasteiger partial charge in [-0.2, -0.15) is 0 Å². The summed E-state index contributed by atoms with van der Waals surface area (Å²) in [5.74, 6) is -0.267. The van der Waals surface area contributed by atoms with Gasteiger partial charge in [0.25, 0.3) is 0 Å². The van der Waals surface area contributed by atoms with E-state index in [9.17, 15) is 8.42 Å². The van der Waals surface area contributed by atoms with Crippen LogP contribution >= 0.6 is 12.4 Å². The summed E-state index contributed by atoms with van der Waals surface area (Å²) in [5, 5.41) is 8.52. The van der Waals surface area contributed by atoms with E-state index in [0.717, 1.165) is 0 Å². The van der Waals surface area contributed by atoms with Crippen molar-refractivity contribution in [2.75, 3.05) is 18.1 Å². The number of nitrogen functional groups attached to an aromatic ring is 1. The highest BCUT2D eigenvalue weighted by molar-refractivity contribution is 7.91. The number of hydrogen-bond donors (Lipinski definition) is 2. The van der Waals surface area contributed by atoms with Crippen molar-refractivity contribution in [2.24, 2.45) is 0 Å². The summed E-state index contributed by atoms with van der Waals surface area (Å²) < 4.78 is 22.7. The minimum absolute atomic E-state index is 0. The van der Waals surface area contributed by atoms with Gasteiger partial charge >= 0.3 is 0 Å². The first-order valence-corrected chi connectivity index (χ1v) is 5.40. The molecule has 0 aliphatic heterocycles. The molecule has 0 fully saturated rings. The number of anilines is 1. The summed E-state index contributed by atoms with van der Waals surface area (Å²) in [6, 6.07) is 6.02. The van der Waals surface area contributed by atoms with Gasteiger partial charge in [0, 0.05) is 5.69 Å². The summed E-state index contributed by atoms with van der Waals surface area (Å²) in [7, 11) is -3.36. The van der Waals surface area contributed by atoms with Crippen molar-refractivity contribution < 1.29 is 13.5 Å². The summed E-state index contributed by atoms with van der Waals surface area (Å²) >= 11 is 0. The topological polar surface area (TPSA) is 80.4 Å². The van der Waals surface area contributed by atoms with E-state index in [0.29, 0.717) is 5.69 Å². The highest BCUT2D eigenvalue weighted by atomic mass is 35.5. The predicted octanol–water partition coefficient (Wildman–Crippen LogP) is 0.457. The molecule has 0 aliphatic carbocycles. The number of hydrogen-bond acceptors (Lipinski definition) is 4. The highest BCUT2D eigenvalue weighted by Gasteiger charge is 2.12. The molecule has 0 spiro atoms. The molecule has 4 nitrogen and oxygen atoms in total. The second kappa shape index (κ2) is 5.19. The number of halogens is 1. The molecule has 0 bridgehead atoms. The number of nitrogens with two attached hydrogens (primary N) is 1. The van der Waals surface area contributed by atoms with Crippen LogP contribution in [0.5, 0.6) is 0 Å². The summed E-state index contributed by atoms with van der Waals surface area (Å²) in [6.07, 6.45) is 0. The number of aliphatic hydroxyl groups excluding tert-OH is 1. The quantitative estimate of drug-likeness (QED) is 0.749. The fourth-order valence-electron chi connectivity index (χ4n) is 0.946. The maximum atomic E-state index is 11.4. The van der Waals surface area contributed by atoms with Crippen LogP contribution < -0.4 is 5.73 Å². The lowest BCUT2D eigenvalue weighted by Crippen LogP contribution is -2.10. The average Bonchev–Trinajstić information content (AvgIpc) is 2.04. The first kappa shape index (κ1) is 13.2. The molecule has 14 heavy (non-hydrogen) atoms. The van der Waals surface area contributed by atoms with E-state index in [1.54, 1.807) is 12.1 Å². The van der Waals surface area contributed by atoms with Crippen LogP contribution in [0.3, 0.4) is 0 Å². The van der Waals surface area contributed by atoms with Crippen LogP contribution in [0.1, 0.15) is 0 Å². The Balaban J connectivity index is 0.00000169. The zero-order valence-electron chi connectivity index (χ0n) is 7.38. The molecule has 0 radical (unpaired) electrons. The molecular formula is C8H12ClNO3S. The molecule has 0 aliphatic rings. The van der Waals surface area contributed by atoms with E-state index < -0.39 is 9.84 Å². The monoisotopic (exact) mass is 237 g/mol. The van der Waals surface area contributed by atoms with E-state index in [-0.39, 0.29) is 29.7 Å². The lowest BCUT2D eigenvalue weighted by molar-refractivity contribution is 0.319. The van der Waals surface area contributed by atoms with E-state index in [1.165, 1.54) is 12.1 Å². The molecule has 0 atom stereocenters. The van der Waals surface area contributed by atoms with Crippen molar-refractivity contribution in [3.8, 4) is 0 Å². The summed E-state index contributed by atoms with van der Waals surface area (Å²) in [5.41, 5.74) is 5.83. The molecule has 6 heteroatoms. The van der Waals surface area contributed by atoms with Crippen molar-refractivity contribution in [3.05, 3.63) is 24.3 Å². The van der Waals surface area contributed by atoms with E-state index in [2.05, 4.69) is 0 Å². The first-order valence-electron chi connectivity index (χ1n) is 3.75. The predicted molar refractivity (Wildman–Crippen MR) is 57.2 cm³/mol. The van der Waals surface area contributed by atoms with Gasteiger partial charge in [0.1, 0.15) is 0 Å². The SMILES string of the molecule is Cl.Nc1cccc(S(=O)(=O)CCO)c1. The number of sulfone groups is 1. The third-order valence-corrected chi connectivity index (χ3v) is 3.27. The second-order valence-electron chi connectivity index (χ2n) is 2.61. The van der Waals surface area contributed by atoms with Gasteiger partial charge in [-0.3, -0.25) is 0 Å². The van der Waals surface area contributed by atoms with Gasteiger partial charge in [0.15, 0.2) is 9.84 Å². The lowest BCUT2D eigenvalue weighted by Gasteiger charge is -2.02.